The van der Waals surface area contributed by atoms with E-state index in [9.17, 15) is 9.59 Å². The molecule has 4 heteroatoms. The van der Waals surface area contributed by atoms with Gasteiger partial charge in [-0.1, -0.05) is 18.2 Å². The van der Waals surface area contributed by atoms with E-state index in [0.29, 0.717) is 6.42 Å². The molecule has 0 N–H and O–H groups in total. The Morgan fingerprint density at radius 3 is 2.78 bits per heavy atom. The van der Waals surface area contributed by atoms with Gasteiger partial charge < -0.3 is 4.90 Å². The Bertz CT molecular complexity index is 569. The molecule has 0 spiro atoms. The standard InChI is InChI=1S/C14H14N2O2/c1-16-12(18)6-5-10-3-2-4-11(13(10)16)14(7-8-14)15-9-17/h2-4H,5-8H2,1H3. The minimum atomic E-state index is -0.418. The predicted octanol–water partition coefficient (Wildman–Crippen LogP) is 1.92. The second-order valence-electron chi connectivity index (χ2n) is 5.00. The number of anilines is 1. The molecule has 0 atom stereocenters. The molecule has 0 bridgehead atoms. The molecule has 1 aliphatic heterocycles. The number of amides is 1. The zero-order valence-corrected chi connectivity index (χ0v) is 10.3. The number of benzene rings is 1. The lowest BCUT2D eigenvalue weighted by Gasteiger charge is -2.29. The highest BCUT2D eigenvalue weighted by molar-refractivity contribution is 5.97. The summed E-state index contributed by atoms with van der Waals surface area (Å²) in [5.74, 6) is 0.126. The number of para-hydroxylation sites is 1. The quantitative estimate of drug-likeness (QED) is 0.587. The van der Waals surface area contributed by atoms with Gasteiger partial charge in [0.15, 0.2) is 0 Å². The molecular weight excluding hydrogens is 228 g/mol. The SMILES string of the molecule is CN1C(=O)CCc2cccc(C3(N=C=O)CC3)c21. The number of hydrogen-bond donors (Lipinski definition) is 0. The summed E-state index contributed by atoms with van der Waals surface area (Å²) in [6.45, 7) is 0. The van der Waals surface area contributed by atoms with E-state index >= 15 is 0 Å². The first-order valence-electron chi connectivity index (χ1n) is 6.16. The van der Waals surface area contributed by atoms with E-state index in [2.05, 4.69) is 4.99 Å². The first-order valence-corrected chi connectivity index (χ1v) is 6.16. The largest absolute Gasteiger partial charge is 0.315 e. The summed E-state index contributed by atoms with van der Waals surface area (Å²) >= 11 is 0. The Morgan fingerprint density at radius 2 is 2.11 bits per heavy atom. The van der Waals surface area contributed by atoms with Gasteiger partial charge in [-0.25, -0.2) is 4.79 Å². The average molecular weight is 242 g/mol. The van der Waals surface area contributed by atoms with Crippen molar-refractivity contribution in [1.29, 1.82) is 0 Å². The van der Waals surface area contributed by atoms with E-state index in [1.165, 1.54) is 5.56 Å². The van der Waals surface area contributed by atoms with Gasteiger partial charge in [-0.2, -0.15) is 4.99 Å². The van der Waals surface area contributed by atoms with E-state index in [-0.39, 0.29) is 5.91 Å². The number of aryl methyl sites for hydroxylation is 1. The maximum Gasteiger partial charge on any atom is 0.235 e. The molecule has 1 heterocycles. The van der Waals surface area contributed by atoms with Gasteiger partial charge >= 0.3 is 0 Å². The molecule has 0 radical (unpaired) electrons. The molecule has 1 aromatic carbocycles. The number of fused-ring (bicyclic) bond motifs is 1. The van der Waals surface area contributed by atoms with Crippen LogP contribution in [-0.2, 0) is 21.5 Å². The number of isocyanates is 1. The van der Waals surface area contributed by atoms with Crippen LogP contribution in [0.4, 0.5) is 5.69 Å². The Labute approximate surface area is 105 Å². The van der Waals surface area contributed by atoms with Crippen molar-refractivity contribution in [3.05, 3.63) is 29.3 Å². The molecule has 1 aliphatic carbocycles. The van der Waals surface area contributed by atoms with E-state index in [4.69, 9.17) is 0 Å². The van der Waals surface area contributed by atoms with Gasteiger partial charge in [0.2, 0.25) is 12.0 Å². The van der Waals surface area contributed by atoms with Crippen LogP contribution in [0, 0.1) is 0 Å². The monoisotopic (exact) mass is 242 g/mol. The van der Waals surface area contributed by atoms with Crippen LogP contribution in [0.1, 0.15) is 30.4 Å². The van der Waals surface area contributed by atoms with E-state index in [1.54, 1.807) is 18.0 Å². The molecule has 92 valence electrons. The van der Waals surface area contributed by atoms with Crippen molar-refractivity contribution in [2.24, 2.45) is 4.99 Å². The molecule has 18 heavy (non-hydrogen) atoms. The zero-order chi connectivity index (χ0) is 12.8. The highest BCUT2D eigenvalue weighted by Gasteiger charge is 2.47. The molecule has 0 saturated heterocycles. The summed E-state index contributed by atoms with van der Waals surface area (Å²) in [5.41, 5.74) is 2.70. The fourth-order valence-electron chi connectivity index (χ4n) is 2.75. The highest BCUT2D eigenvalue weighted by Crippen LogP contribution is 2.53. The Hall–Kier alpha value is -1.93. The Balaban J connectivity index is 2.17. The molecular formula is C14H14N2O2. The van der Waals surface area contributed by atoms with Crippen molar-refractivity contribution in [3.63, 3.8) is 0 Å². The summed E-state index contributed by atoms with van der Waals surface area (Å²) in [7, 11) is 1.80. The molecule has 1 amide bonds. The maximum absolute atomic E-state index is 11.8. The van der Waals surface area contributed by atoms with E-state index in [0.717, 1.165) is 30.5 Å². The lowest BCUT2D eigenvalue weighted by Crippen LogP contribution is -2.33. The molecule has 1 aromatic rings. The summed E-state index contributed by atoms with van der Waals surface area (Å²) in [6, 6.07) is 6.00. The third-order valence-corrected chi connectivity index (χ3v) is 3.92. The number of nitrogens with zero attached hydrogens (tertiary/aromatic N) is 2. The Morgan fingerprint density at radius 1 is 1.33 bits per heavy atom. The summed E-state index contributed by atoms with van der Waals surface area (Å²) in [4.78, 5) is 28.1. The third kappa shape index (κ3) is 1.50. The first-order chi connectivity index (χ1) is 8.68. The first kappa shape index (κ1) is 11.2. The van der Waals surface area contributed by atoms with Gasteiger partial charge in [-0.05, 0) is 24.8 Å². The molecule has 3 rings (SSSR count). The number of aliphatic imine (C=N–C) groups is 1. The molecule has 1 saturated carbocycles. The van der Waals surface area contributed by atoms with Crippen molar-refractivity contribution in [3.8, 4) is 0 Å². The van der Waals surface area contributed by atoms with Crippen LogP contribution >= 0.6 is 0 Å². The predicted molar refractivity (Wildman–Crippen MR) is 67.2 cm³/mol. The van der Waals surface area contributed by atoms with Crippen LogP contribution < -0.4 is 4.90 Å². The van der Waals surface area contributed by atoms with Crippen molar-refractivity contribution in [2.75, 3.05) is 11.9 Å². The maximum atomic E-state index is 11.8. The second-order valence-corrected chi connectivity index (χ2v) is 5.00. The summed E-state index contributed by atoms with van der Waals surface area (Å²) in [6.07, 6.45) is 4.72. The molecule has 1 fully saturated rings. The van der Waals surface area contributed by atoms with Crippen LogP contribution in [0.2, 0.25) is 0 Å². The average Bonchev–Trinajstić information content (AvgIpc) is 3.15. The van der Waals surface area contributed by atoms with Crippen molar-refractivity contribution in [2.45, 2.75) is 31.2 Å². The fourth-order valence-corrected chi connectivity index (χ4v) is 2.75. The molecule has 0 aromatic heterocycles. The third-order valence-electron chi connectivity index (χ3n) is 3.92. The summed E-state index contributed by atoms with van der Waals surface area (Å²) < 4.78 is 0. The zero-order valence-electron chi connectivity index (χ0n) is 10.3. The van der Waals surface area contributed by atoms with Gasteiger partial charge in [0.1, 0.15) is 5.54 Å². The lowest BCUT2D eigenvalue weighted by atomic mass is 9.93. The number of rotatable bonds is 2. The topological polar surface area (TPSA) is 49.7 Å². The summed E-state index contributed by atoms with van der Waals surface area (Å²) in [5, 5.41) is 0. The second kappa shape index (κ2) is 3.79. The van der Waals surface area contributed by atoms with Crippen LogP contribution in [0.15, 0.2) is 23.2 Å². The molecule has 2 aliphatic rings. The van der Waals surface area contributed by atoms with Crippen LogP contribution in [0.25, 0.3) is 0 Å². The molecule has 4 nitrogen and oxygen atoms in total. The normalized spacial score (nSPS) is 20.1. The smallest absolute Gasteiger partial charge is 0.235 e. The number of carbonyl (C=O) groups is 1. The van der Waals surface area contributed by atoms with Crippen LogP contribution in [0.5, 0.6) is 0 Å². The molecule has 0 unspecified atom stereocenters. The van der Waals surface area contributed by atoms with Crippen molar-refractivity contribution in [1.82, 2.24) is 0 Å². The fraction of sp³-hybridized carbons (Fsp3) is 0.429. The van der Waals surface area contributed by atoms with Crippen molar-refractivity contribution >= 4 is 17.7 Å². The van der Waals surface area contributed by atoms with Gasteiger partial charge in [0, 0.05) is 19.0 Å². The number of hydrogen-bond acceptors (Lipinski definition) is 3. The van der Waals surface area contributed by atoms with Gasteiger partial charge in [0.25, 0.3) is 0 Å². The minimum absolute atomic E-state index is 0.126. The Kier molecular flexibility index (Phi) is 2.35. The highest BCUT2D eigenvalue weighted by atomic mass is 16.2. The van der Waals surface area contributed by atoms with Gasteiger partial charge in [-0.15, -0.1) is 0 Å². The lowest BCUT2D eigenvalue weighted by molar-refractivity contribution is -0.118. The number of carbonyl (C=O) groups excluding carboxylic acids is 2. The van der Waals surface area contributed by atoms with Crippen LogP contribution in [0.3, 0.4) is 0 Å². The van der Waals surface area contributed by atoms with Crippen LogP contribution in [-0.4, -0.2) is 19.0 Å². The van der Waals surface area contributed by atoms with E-state index < -0.39 is 5.54 Å². The van der Waals surface area contributed by atoms with Gasteiger partial charge in [-0.3, -0.25) is 4.79 Å². The van der Waals surface area contributed by atoms with Crippen molar-refractivity contribution < 1.29 is 9.59 Å². The van der Waals surface area contributed by atoms with Gasteiger partial charge in [0.05, 0.1) is 5.69 Å². The van der Waals surface area contributed by atoms with E-state index in [1.807, 2.05) is 18.2 Å². The minimum Gasteiger partial charge on any atom is -0.315 e.